The molecule has 3 rings (SSSR count). The molecule has 1 aliphatic rings. The summed E-state index contributed by atoms with van der Waals surface area (Å²) in [7, 11) is 0. The first-order valence-corrected chi connectivity index (χ1v) is 9.37. The van der Waals surface area contributed by atoms with Gasteiger partial charge in [0.15, 0.2) is 0 Å². The summed E-state index contributed by atoms with van der Waals surface area (Å²) in [5.41, 5.74) is 8.18. The quantitative estimate of drug-likeness (QED) is 0.675. The van der Waals surface area contributed by atoms with Crippen LogP contribution in [0.2, 0.25) is 0 Å². The topological polar surface area (TPSA) is 80.1 Å². The van der Waals surface area contributed by atoms with Gasteiger partial charge in [0.25, 0.3) is 0 Å². The molecule has 0 spiro atoms. The third-order valence-corrected chi connectivity index (χ3v) is 5.23. The van der Waals surface area contributed by atoms with Crippen molar-refractivity contribution >= 4 is 16.9 Å². The molecular weight excluding hydrogens is 314 g/mol. The number of hydrogen-bond donors (Lipinski definition) is 3. The van der Waals surface area contributed by atoms with Crippen LogP contribution in [0.1, 0.15) is 44.6 Å². The van der Waals surface area contributed by atoms with E-state index in [1.54, 1.807) is 0 Å². The first kappa shape index (κ1) is 18.0. The minimum Gasteiger partial charge on any atom is -0.465 e. The Morgan fingerprint density at radius 2 is 2.08 bits per heavy atom. The minimum absolute atomic E-state index is 0.0487. The van der Waals surface area contributed by atoms with Gasteiger partial charge in [0.1, 0.15) is 5.54 Å². The van der Waals surface area contributed by atoms with Gasteiger partial charge in [0.2, 0.25) is 0 Å². The second kappa shape index (κ2) is 8.02. The molecule has 5 heteroatoms. The van der Waals surface area contributed by atoms with E-state index in [4.69, 9.17) is 10.5 Å². The van der Waals surface area contributed by atoms with Gasteiger partial charge in [-0.25, -0.2) is 0 Å². The smallest absolute Gasteiger partial charge is 0.326 e. The van der Waals surface area contributed by atoms with Crippen molar-refractivity contribution in [3.63, 3.8) is 0 Å². The number of nitrogens with two attached hydrogens (primary N) is 1. The lowest BCUT2D eigenvalue weighted by Gasteiger charge is -2.36. The molecule has 1 aromatic carbocycles. The van der Waals surface area contributed by atoms with Crippen molar-refractivity contribution in [3.8, 4) is 0 Å². The average Bonchev–Trinajstić information content (AvgIpc) is 3.04. The Hall–Kier alpha value is -1.85. The van der Waals surface area contributed by atoms with E-state index < -0.39 is 5.54 Å². The zero-order valence-electron chi connectivity index (χ0n) is 15.0. The maximum absolute atomic E-state index is 12.5. The number of para-hydroxylation sites is 1. The van der Waals surface area contributed by atoms with E-state index in [1.807, 2.05) is 25.3 Å². The van der Waals surface area contributed by atoms with Crippen molar-refractivity contribution in [2.24, 2.45) is 5.73 Å². The zero-order chi connectivity index (χ0) is 17.7. The van der Waals surface area contributed by atoms with Crippen LogP contribution in [0.4, 0.5) is 0 Å². The normalized spacial score (nSPS) is 18.2. The molecule has 0 aliphatic heterocycles. The summed E-state index contributed by atoms with van der Waals surface area (Å²) in [6, 6.07) is 8.20. The Labute approximate surface area is 149 Å². The average molecular weight is 343 g/mol. The Kier molecular flexibility index (Phi) is 5.76. The van der Waals surface area contributed by atoms with Crippen LogP contribution in [0.3, 0.4) is 0 Å². The Morgan fingerprint density at radius 1 is 1.32 bits per heavy atom. The number of esters is 1. The monoisotopic (exact) mass is 343 g/mol. The summed E-state index contributed by atoms with van der Waals surface area (Å²) >= 11 is 0. The van der Waals surface area contributed by atoms with Crippen molar-refractivity contribution in [1.82, 2.24) is 10.3 Å². The fourth-order valence-electron chi connectivity index (χ4n) is 3.86. The van der Waals surface area contributed by atoms with Crippen molar-refractivity contribution in [2.75, 3.05) is 13.2 Å². The molecule has 5 nitrogen and oxygen atoms in total. The number of benzene rings is 1. The lowest BCUT2D eigenvalue weighted by atomic mass is 9.81. The summed E-state index contributed by atoms with van der Waals surface area (Å²) in [5, 5.41) is 4.69. The van der Waals surface area contributed by atoms with Crippen molar-refractivity contribution in [3.05, 3.63) is 36.0 Å². The number of H-pyrrole nitrogens is 1. The molecule has 1 saturated carbocycles. The third-order valence-electron chi connectivity index (χ3n) is 5.23. The molecule has 1 aromatic heterocycles. The van der Waals surface area contributed by atoms with Crippen LogP contribution in [0.15, 0.2) is 30.5 Å². The molecule has 1 fully saturated rings. The van der Waals surface area contributed by atoms with Gasteiger partial charge in [0, 0.05) is 29.7 Å². The van der Waals surface area contributed by atoms with Gasteiger partial charge in [-0.3, -0.25) is 4.79 Å². The van der Waals surface area contributed by atoms with Gasteiger partial charge in [-0.05, 0) is 37.8 Å². The van der Waals surface area contributed by atoms with Crippen LogP contribution >= 0.6 is 0 Å². The molecular formula is C20H29N3O2. The molecule has 0 saturated heterocycles. The van der Waals surface area contributed by atoms with Gasteiger partial charge in [0.05, 0.1) is 6.61 Å². The number of fused-ring (bicyclic) bond motifs is 1. The van der Waals surface area contributed by atoms with Crippen molar-refractivity contribution in [1.29, 1.82) is 0 Å². The number of carbonyl (C=O) groups is 1. The highest BCUT2D eigenvalue weighted by molar-refractivity contribution is 5.83. The summed E-state index contributed by atoms with van der Waals surface area (Å²) in [6.45, 7) is 2.89. The number of rotatable bonds is 7. The lowest BCUT2D eigenvalue weighted by molar-refractivity contribution is -0.152. The molecule has 0 amide bonds. The maximum Gasteiger partial charge on any atom is 0.326 e. The van der Waals surface area contributed by atoms with Gasteiger partial charge >= 0.3 is 5.97 Å². The molecule has 1 heterocycles. The second-order valence-corrected chi connectivity index (χ2v) is 7.07. The van der Waals surface area contributed by atoms with Crippen LogP contribution in [-0.2, 0) is 16.0 Å². The number of nitrogens with one attached hydrogen (secondary N) is 2. The van der Waals surface area contributed by atoms with Gasteiger partial charge in [-0.15, -0.1) is 0 Å². The minimum atomic E-state index is -0.550. The predicted molar refractivity (Wildman–Crippen MR) is 100 cm³/mol. The zero-order valence-corrected chi connectivity index (χ0v) is 15.0. The number of ether oxygens (including phenoxy) is 1. The fraction of sp³-hybridized carbons (Fsp3) is 0.550. The molecule has 1 aliphatic carbocycles. The van der Waals surface area contributed by atoms with Crippen molar-refractivity contribution < 1.29 is 9.53 Å². The Morgan fingerprint density at radius 3 is 2.84 bits per heavy atom. The van der Waals surface area contributed by atoms with Gasteiger partial charge < -0.3 is 20.8 Å². The van der Waals surface area contributed by atoms with E-state index in [2.05, 4.69) is 22.4 Å². The van der Waals surface area contributed by atoms with Gasteiger partial charge in [-0.1, -0.05) is 37.5 Å². The van der Waals surface area contributed by atoms with Crippen LogP contribution in [0.25, 0.3) is 10.9 Å². The molecule has 0 bridgehead atoms. The highest BCUT2D eigenvalue weighted by atomic mass is 16.5. The summed E-state index contributed by atoms with van der Waals surface area (Å²) < 4.78 is 5.33. The van der Waals surface area contributed by atoms with E-state index in [-0.39, 0.29) is 12.0 Å². The van der Waals surface area contributed by atoms with Crippen LogP contribution < -0.4 is 11.1 Å². The second-order valence-electron chi connectivity index (χ2n) is 7.07. The predicted octanol–water partition coefficient (Wildman–Crippen LogP) is 2.89. The van der Waals surface area contributed by atoms with Crippen molar-refractivity contribution in [2.45, 2.75) is 57.0 Å². The van der Waals surface area contributed by atoms with Crippen LogP contribution in [-0.4, -0.2) is 35.7 Å². The van der Waals surface area contributed by atoms with Gasteiger partial charge in [-0.2, -0.15) is 0 Å². The Balaban J connectivity index is 1.63. The summed E-state index contributed by atoms with van der Waals surface area (Å²) in [5.74, 6) is -0.117. The van der Waals surface area contributed by atoms with E-state index in [0.29, 0.717) is 13.2 Å². The molecule has 0 radical (unpaired) electrons. The Bertz CT molecular complexity index is 704. The van der Waals surface area contributed by atoms with E-state index in [0.717, 1.165) is 37.6 Å². The van der Waals surface area contributed by atoms with Crippen LogP contribution in [0, 0.1) is 0 Å². The fourth-order valence-corrected chi connectivity index (χ4v) is 3.86. The van der Waals surface area contributed by atoms with E-state index >= 15 is 0 Å². The van der Waals surface area contributed by atoms with E-state index in [9.17, 15) is 4.79 Å². The van der Waals surface area contributed by atoms with Crippen LogP contribution in [0.5, 0.6) is 0 Å². The summed E-state index contributed by atoms with van der Waals surface area (Å²) in [6.07, 6.45) is 7.79. The molecule has 2 aromatic rings. The summed E-state index contributed by atoms with van der Waals surface area (Å²) in [4.78, 5) is 15.8. The first-order valence-electron chi connectivity index (χ1n) is 9.37. The number of hydrogen-bond acceptors (Lipinski definition) is 4. The number of aromatic nitrogens is 1. The molecule has 136 valence electrons. The molecule has 25 heavy (non-hydrogen) atoms. The highest BCUT2D eigenvalue weighted by Gasteiger charge is 2.40. The largest absolute Gasteiger partial charge is 0.465 e. The molecule has 1 atom stereocenters. The standard InChI is InChI=1S/C20H29N3O2/c1-2-25-19(24)20(10-6-3-7-11-20)23-14-16(21)12-15-13-22-18-9-5-4-8-17(15)18/h4-5,8-9,13,16,22-23H,2-3,6-7,10-12,14,21H2,1H3. The first-order chi connectivity index (χ1) is 12.1. The number of carbonyl (C=O) groups excluding carboxylic acids is 1. The highest BCUT2D eigenvalue weighted by Crippen LogP contribution is 2.29. The molecule has 1 unspecified atom stereocenters. The third kappa shape index (κ3) is 4.05. The van der Waals surface area contributed by atoms with E-state index in [1.165, 1.54) is 17.4 Å². The molecule has 4 N–H and O–H groups in total. The number of aromatic amines is 1. The lowest BCUT2D eigenvalue weighted by Crippen LogP contribution is -2.57. The maximum atomic E-state index is 12.5. The SMILES string of the molecule is CCOC(=O)C1(NCC(N)Cc2c[nH]c3ccccc23)CCCCC1.